The molecular formula is C29H36ClN7O3. The maximum absolute atomic E-state index is 12.5. The number of piperazine rings is 1. The van der Waals surface area contributed by atoms with Crippen LogP contribution >= 0.6 is 11.6 Å². The number of halogens is 1. The van der Waals surface area contributed by atoms with Crippen LogP contribution in [0.15, 0.2) is 24.8 Å². The third-order valence-electron chi connectivity index (χ3n) is 8.25. The number of phenolic OH excluding ortho intramolecular Hbond substituents is 1. The molecule has 1 aromatic heterocycles. The first-order valence-electron chi connectivity index (χ1n) is 13.8. The van der Waals surface area contributed by atoms with E-state index in [2.05, 4.69) is 34.4 Å². The molecular weight excluding hydrogens is 530 g/mol. The largest absolute Gasteiger partial charge is 0.506 e. The second-order valence-corrected chi connectivity index (χ2v) is 11.3. The molecule has 10 nitrogen and oxygen atoms in total. The lowest BCUT2D eigenvalue weighted by atomic mass is 10.1. The third-order valence-corrected chi connectivity index (χ3v) is 8.55. The van der Waals surface area contributed by atoms with Crippen LogP contribution in [0.4, 0.5) is 5.82 Å². The number of nitrogens with zero attached hydrogens (tertiary/aromatic N) is 7. The number of hydrogen-bond acceptors (Lipinski definition) is 9. The topological polar surface area (TPSA) is 109 Å². The van der Waals surface area contributed by atoms with Crippen LogP contribution in [-0.2, 0) is 24.4 Å². The molecule has 0 bridgehead atoms. The highest BCUT2D eigenvalue weighted by atomic mass is 35.5. The summed E-state index contributed by atoms with van der Waals surface area (Å²) in [6.45, 7) is 10.6. The van der Waals surface area contributed by atoms with Gasteiger partial charge in [-0.15, -0.1) is 0 Å². The van der Waals surface area contributed by atoms with Gasteiger partial charge in [-0.3, -0.25) is 9.69 Å². The van der Waals surface area contributed by atoms with Gasteiger partial charge in [-0.05, 0) is 62.7 Å². The molecule has 212 valence electrons. The molecule has 2 atom stereocenters. The van der Waals surface area contributed by atoms with Crippen molar-refractivity contribution in [3.05, 3.63) is 52.2 Å². The minimum atomic E-state index is -0.261. The van der Waals surface area contributed by atoms with Crippen LogP contribution in [0.2, 0.25) is 5.02 Å². The third kappa shape index (κ3) is 5.87. The Bertz CT molecular complexity index is 1330. The Balaban J connectivity index is 1.42. The second-order valence-electron chi connectivity index (χ2n) is 10.9. The van der Waals surface area contributed by atoms with Crippen LogP contribution in [-0.4, -0.2) is 87.6 Å². The van der Waals surface area contributed by atoms with Crippen LogP contribution in [0.5, 0.6) is 11.8 Å². The number of rotatable bonds is 8. The molecule has 0 radical (unpaired) electrons. The first kappa shape index (κ1) is 28.1. The van der Waals surface area contributed by atoms with Crippen molar-refractivity contribution in [2.45, 2.75) is 57.9 Å². The number of hydrogen-bond donors (Lipinski definition) is 1. The normalized spacial score (nSPS) is 21.4. The molecule has 0 spiro atoms. The van der Waals surface area contributed by atoms with Crippen molar-refractivity contribution in [1.29, 1.82) is 5.26 Å². The number of likely N-dealkylation sites (tertiary alicyclic amines) is 1. The van der Waals surface area contributed by atoms with Gasteiger partial charge in [0.1, 0.15) is 18.2 Å². The number of benzene rings is 1. The predicted octanol–water partition coefficient (Wildman–Crippen LogP) is 3.25. The Morgan fingerprint density at radius 2 is 2.10 bits per heavy atom. The summed E-state index contributed by atoms with van der Waals surface area (Å²) in [7, 11) is 2.11. The number of phenols is 1. The summed E-state index contributed by atoms with van der Waals surface area (Å²) < 4.78 is 6.18. The number of nitriles is 1. The predicted molar refractivity (Wildman–Crippen MR) is 152 cm³/mol. The molecule has 2 saturated heterocycles. The van der Waals surface area contributed by atoms with Crippen LogP contribution < -0.4 is 9.64 Å². The summed E-state index contributed by atoms with van der Waals surface area (Å²) >= 11 is 6.10. The Morgan fingerprint density at radius 1 is 1.27 bits per heavy atom. The fourth-order valence-electron chi connectivity index (χ4n) is 5.93. The summed E-state index contributed by atoms with van der Waals surface area (Å²) in [5.74, 6) is 0.708. The molecule has 2 fully saturated rings. The van der Waals surface area contributed by atoms with E-state index >= 15 is 0 Å². The van der Waals surface area contributed by atoms with E-state index in [1.807, 2.05) is 6.92 Å². The van der Waals surface area contributed by atoms with Crippen molar-refractivity contribution in [3.63, 3.8) is 0 Å². The molecule has 0 aliphatic carbocycles. The number of fused-ring (bicyclic) bond motifs is 1. The molecule has 0 unspecified atom stereocenters. The number of ether oxygens (including phenoxy) is 1. The standard InChI is InChI=1S/C29H36ClN7O3/c1-4-27(39)37-11-10-36(15-21(37)7-8-31)28-23-16-35(14-20-13-26(38)24(30)12-19(20)2)17-25(23)32-29(33-28)40-18-22-6-5-9-34(22)3/h4,12-13,21-22,38H,1,5-7,9-11,14-18H2,2-3H3/t21-,22-/m0/s1. The van der Waals surface area contributed by atoms with Crippen molar-refractivity contribution in [3.8, 4) is 17.8 Å². The lowest BCUT2D eigenvalue weighted by molar-refractivity contribution is -0.128. The van der Waals surface area contributed by atoms with E-state index in [4.69, 9.17) is 26.3 Å². The summed E-state index contributed by atoms with van der Waals surface area (Å²) in [6.07, 6.45) is 3.78. The first-order chi connectivity index (χ1) is 19.3. The number of aryl methyl sites for hydroxylation is 1. The van der Waals surface area contributed by atoms with Crippen molar-refractivity contribution in [2.24, 2.45) is 0 Å². The maximum atomic E-state index is 12.5. The number of amides is 1. The van der Waals surface area contributed by atoms with Gasteiger partial charge in [0.15, 0.2) is 0 Å². The number of aromatic nitrogens is 2. The van der Waals surface area contributed by atoms with E-state index in [1.54, 1.807) is 17.0 Å². The number of carbonyl (C=O) groups is 1. The molecule has 3 aliphatic rings. The fourth-order valence-corrected chi connectivity index (χ4v) is 6.15. The second kappa shape index (κ2) is 12.0. The maximum Gasteiger partial charge on any atom is 0.318 e. The molecule has 2 aromatic rings. The smallest absolute Gasteiger partial charge is 0.318 e. The number of anilines is 1. The van der Waals surface area contributed by atoms with Crippen LogP contribution in [0.3, 0.4) is 0 Å². The highest BCUT2D eigenvalue weighted by molar-refractivity contribution is 6.32. The van der Waals surface area contributed by atoms with Gasteiger partial charge in [0, 0.05) is 50.9 Å². The zero-order valence-corrected chi connectivity index (χ0v) is 23.9. The van der Waals surface area contributed by atoms with Gasteiger partial charge < -0.3 is 24.5 Å². The van der Waals surface area contributed by atoms with E-state index in [0.717, 1.165) is 47.6 Å². The summed E-state index contributed by atoms with van der Waals surface area (Å²) in [6, 6.07) is 6.18. The first-order valence-corrected chi connectivity index (χ1v) is 14.1. The van der Waals surface area contributed by atoms with Crippen LogP contribution in [0, 0.1) is 18.3 Å². The van der Waals surface area contributed by atoms with Gasteiger partial charge in [-0.2, -0.15) is 15.2 Å². The van der Waals surface area contributed by atoms with Gasteiger partial charge in [0.05, 0.1) is 29.2 Å². The van der Waals surface area contributed by atoms with Crippen molar-refractivity contribution in [1.82, 2.24) is 24.7 Å². The van der Waals surface area contributed by atoms with E-state index in [9.17, 15) is 15.2 Å². The zero-order valence-electron chi connectivity index (χ0n) is 23.1. The van der Waals surface area contributed by atoms with Gasteiger partial charge in [-0.1, -0.05) is 18.2 Å². The number of aromatic hydroxyl groups is 1. The van der Waals surface area contributed by atoms with Crippen molar-refractivity contribution in [2.75, 3.05) is 44.7 Å². The lowest BCUT2D eigenvalue weighted by Gasteiger charge is -2.41. The summed E-state index contributed by atoms with van der Waals surface area (Å²) in [4.78, 5) is 30.7. The van der Waals surface area contributed by atoms with Gasteiger partial charge in [-0.25, -0.2) is 0 Å². The van der Waals surface area contributed by atoms with Gasteiger partial charge in [0.2, 0.25) is 5.91 Å². The minimum Gasteiger partial charge on any atom is -0.506 e. The van der Waals surface area contributed by atoms with Gasteiger partial charge in [0.25, 0.3) is 0 Å². The Kier molecular flexibility index (Phi) is 8.45. The van der Waals surface area contributed by atoms with Crippen LogP contribution in [0.1, 0.15) is 41.6 Å². The average Bonchev–Trinajstić information content (AvgIpc) is 3.54. The zero-order chi connectivity index (χ0) is 28.4. The molecule has 1 amide bonds. The molecule has 11 heteroatoms. The SMILES string of the molecule is C=CC(=O)N1CCN(c2nc(OC[C@@H]3CCCN3C)nc3c2CN(Cc2cc(O)c(Cl)cc2C)C3)C[C@@H]1CC#N. The van der Waals surface area contributed by atoms with Crippen LogP contribution in [0.25, 0.3) is 0 Å². The van der Waals surface area contributed by atoms with E-state index in [1.165, 1.54) is 6.08 Å². The lowest BCUT2D eigenvalue weighted by Crippen LogP contribution is -2.55. The quantitative estimate of drug-likeness (QED) is 0.482. The molecule has 40 heavy (non-hydrogen) atoms. The molecule has 1 N–H and O–H groups in total. The summed E-state index contributed by atoms with van der Waals surface area (Å²) in [5, 5.41) is 20.0. The van der Waals surface area contributed by atoms with E-state index < -0.39 is 0 Å². The molecule has 3 aliphatic heterocycles. The highest BCUT2D eigenvalue weighted by Gasteiger charge is 2.34. The number of carbonyl (C=O) groups excluding carboxylic acids is 1. The Labute approximate surface area is 240 Å². The molecule has 1 aromatic carbocycles. The van der Waals surface area contributed by atoms with Gasteiger partial charge >= 0.3 is 6.01 Å². The number of likely N-dealkylation sites (N-methyl/N-ethyl adjacent to an activating group) is 1. The molecule has 0 saturated carbocycles. The molecule has 4 heterocycles. The van der Waals surface area contributed by atoms with E-state index in [0.29, 0.717) is 63.0 Å². The Hall–Kier alpha value is -3.39. The average molecular weight is 566 g/mol. The van der Waals surface area contributed by atoms with Crippen molar-refractivity contribution < 1.29 is 14.6 Å². The Morgan fingerprint density at radius 3 is 2.83 bits per heavy atom. The highest BCUT2D eigenvalue weighted by Crippen LogP contribution is 2.35. The van der Waals surface area contributed by atoms with Crippen molar-refractivity contribution >= 4 is 23.3 Å². The molecule has 5 rings (SSSR count). The monoisotopic (exact) mass is 565 g/mol. The minimum absolute atomic E-state index is 0.0718. The fraction of sp³-hybridized carbons (Fsp3) is 0.517. The summed E-state index contributed by atoms with van der Waals surface area (Å²) in [5.41, 5.74) is 3.95. The van der Waals surface area contributed by atoms with E-state index in [-0.39, 0.29) is 24.1 Å².